The van der Waals surface area contributed by atoms with Gasteiger partial charge in [-0.2, -0.15) is 4.31 Å². The number of sulfonamides is 1. The summed E-state index contributed by atoms with van der Waals surface area (Å²) in [5, 5.41) is 2.51. The standard InChI is InChI=1S/C15H23N3O3S/c1-11(16)13-4-3-9-18(10-13)22(20,21)14-7-5-12(6-8-14)15(19)17-2/h5-8,11,13H,3-4,9-10,16H2,1-2H3,(H,17,19). The van der Waals surface area contributed by atoms with Crippen LogP contribution in [0.25, 0.3) is 0 Å². The zero-order valence-corrected chi connectivity index (χ0v) is 13.8. The van der Waals surface area contributed by atoms with Crippen LogP contribution in [0.2, 0.25) is 0 Å². The second-order valence-electron chi connectivity index (χ2n) is 5.73. The van der Waals surface area contributed by atoms with E-state index in [0.29, 0.717) is 18.7 Å². The van der Waals surface area contributed by atoms with Crippen LogP contribution in [0.3, 0.4) is 0 Å². The van der Waals surface area contributed by atoms with Gasteiger partial charge in [0.15, 0.2) is 0 Å². The minimum absolute atomic E-state index is 0.0198. The van der Waals surface area contributed by atoms with E-state index in [4.69, 9.17) is 5.73 Å². The molecule has 2 atom stereocenters. The van der Waals surface area contributed by atoms with E-state index in [2.05, 4.69) is 5.32 Å². The van der Waals surface area contributed by atoms with E-state index >= 15 is 0 Å². The minimum atomic E-state index is -3.53. The van der Waals surface area contributed by atoms with Gasteiger partial charge in [0.2, 0.25) is 10.0 Å². The molecule has 0 aliphatic carbocycles. The fourth-order valence-corrected chi connectivity index (χ4v) is 4.23. The van der Waals surface area contributed by atoms with Gasteiger partial charge in [0.25, 0.3) is 5.91 Å². The maximum Gasteiger partial charge on any atom is 0.251 e. The molecule has 0 aromatic heterocycles. The Balaban J connectivity index is 2.21. The third-order valence-electron chi connectivity index (χ3n) is 4.15. The maximum absolute atomic E-state index is 12.7. The summed E-state index contributed by atoms with van der Waals surface area (Å²) in [7, 11) is -2.00. The van der Waals surface area contributed by atoms with E-state index in [1.807, 2.05) is 6.92 Å². The highest BCUT2D eigenvalue weighted by Gasteiger charge is 2.31. The Labute approximate surface area is 131 Å². The molecule has 22 heavy (non-hydrogen) atoms. The molecule has 7 heteroatoms. The lowest BCUT2D eigenvalue weighted by Gasteiger charge is -2.33. The van der Waals surface area contributed by atoms with Crippen molar-refractivity contribution in [1.82, 2.24) is 9.62 Å². The molecular weight excluding hydrogens is 302 g/mol. The molecule has 2 unspecified atom stereocenters. The molecule has 2 rings (SSSR count). The number of amides is 1. The molecule has 1 fully saturated rings. The normalized spacial score (nSPS) is 21.3. The van der Waals surface area contributed by atoms with Crippen LogP contribution >= 0.6 is 0 Å². The van der Waals surface area contributed by atoms with Gasteiger partial charge in [-0.3, -0.25) is 4.79 Å². The first-order valence-corrected chi connectivity index (χ1v) is 8.88. The van der Waals surface area contributed by atoms with Crippen LogP contribution in [0.15, 0.2) is 29.2 Å². The van der Waals surface area contributed by atoms with Gasteiger partial charge in [0, 0.05) is 31.7 Å². The zero-order chi connectivity index (χ0) is 16.3. The Morgan fingerprint density at radius 1 is 1.36 bits per heavy atom. The topological polar surface area (TPSA) is 92.5 Å². The number of carbonyl (C=O) groups is 1. The molecule has 1 aromatic carbocycles. The summed E-state index contributed by atoms with van der Waals surface area (Å²) in [6, 6.07) is 6.00. The summed E-state index contributed by atoms with van der Waals surface area (Å²) in [6.07, 6.45) is 1.78. The number of rotatable bonds is 4. The summed E-state index contributed by atoms with van der Waals surface area (Å²) < 4.78 is 26.9. The average molecular weight is 325 g/mol. The zero-order valence-electron chi connectivity index (χ0n) is 13.0. The lowest BCUT2D eigenvalue weighted by atomic mass is 9.93. The average Bonchev–Trinajstić information content (AvgIpc) is 2.54. The third-order valence-corrected chi connectivity index (χ3v) is 6.02. The van der Waals surface area contributed by atoms with Gasteiger partial charge in [-0.05, 0) is 49.9 Å². The van der Waals surface area contributed by atoms with Crippen molar-refractivity contribution in [3.8, 4) is 0 Å². The highest BCUT2D eigenvalue weighted by molar-refractivity contribution is 7.89. The molecule has 0 saturated carbocycles. The number of nitrogens with zero attached hydrogens (tertiary/aromatic N) is 1. The quantitative estimate of drug-likeness (QED) is 0.856. The first-order valence-electron chi connectivity index (χ1n) is 7.44. The van der Waals surface area contributed by atoms with E-state index in [1.54, 1.807) is 0 Å². The smallest absolute Gasteiger partial charge is 0.251 e. The van der Waals surface area contributed by atoms with Crippen molar-refractivity contribution < 1.29 is 13.2 Å². The van der Waals surface area contributed by atoms with Gasteiger partial charge >= 0.3 is 0 Å². The fourth-order valence-electron chi connectivity index (χ4n) is 2.69. The Bertz CT molecular complexity index is 626. The minimum Gasteiger partial charge on any atom is -0.355 e. The molecule has 3 N–H and O–H groups in total. The Kier molecular flexibility index (Phi) is 5.20. The number of benzene rings is 1. The molecule has 0 spiro atoms. The van der Waals surface area contributed by atoms with E-state index < -0.39 is 10.0 Å². The molecular formula is C15H23N3O3S. The Morgan fingerprint density at radius 2 is 2.00 bits per heavy atom. The van der Waals surface area contributed by atoms with Gasteiger partial charge in [0.05, 0.1) is 4.90 Å². The van der Waals surface area contributed by atoms with E-state index in [0.717, 1.165) is 12.8 Å². The maximum atomic E-state index is 12.7. The van der Waals surface area contributed by atoms with Gasteiger partial charge in [-0.15, -0.1) is 0 Å². The number of hydrogen-bond donors (Lipinski definition) is 2. The van der Waals surface area contributed by atoms with Crippen molar-refractivity contribution >= 4 is 15.9 Å². The van der Waals surface area contributed by atoms with Crippen molar-refractivity contribution in [2.45, 2.75) is 30.7 Å². The molecule has 1 aliphatic heterocycles. The molecule has 1 aromatic rings. The van der Waals surface area contributed by atoms with E-state index in [1.165, 1.54) is 35.6 Å². The number of carbonyl (C=O) groups excluding carboxylic acids is 1. The van der Waals surface area contributed by atoms with Crippen LogP contribution < -0.4 is 11.1 Å². The second kappa shape index (κ2) is 6.76. The van der Waals surface area contributed by atoms with Gasteiger partial charge in [0.1, 0.15) is 0 Å². The monoisotopic (exact) mass is 325 g/mol. The molecule has 1 aliphatic rings. The van der Waals surface area contributed by atoms with Crippen LogP contribution in [0, 0.1) is 5.92 Å². The summed E-state index contributed by atoms with van der Waals surface area (Å²) in [4.78, 5) is 11.7. The number of piperidine rings is 1. The van der Waals surface area contributed by atoms with Crippen molar-refractivity contribution in [3.05, 3.63) is 29.8 Å². The number of nitrogens with one attached hydrogen (secondary N) is 1. The Morgan fingerprint density at radius 3 is 2.55 bits per heavy atom. The molecule has 122 valence electrons. The van der Waals surface area contributed by atoms with Gasteiger partial charge in [-0.1, -0.05) is 0 Å². The first kappa shape index (κ1) is 16.9. The van der Waals surface area contributed by atoms with Crippen LogP contribution in [0.5, 0.6) is 0 Å². The van der Waals surface area contributed by atoms with Crippen molar-refractivity contribution in [2.75, 3.05) is 20.1 Å². The number of nitrogens with two attached hydrogens (primary N) is 1. The largest absolute Gasteiger partial charge is 0.355 e. The summed E-state index contributed by atoms with van der Waals surface area (Å²) in [6.45, 7) is 2.89. The van der Waals surface area contributed by atoms with E-state index in [-0.39, 0.29) is 22.8 Å². The highest BCUT2D eigenvalue weighted by Crippen LogP contribution is 2.25. The lowest BCUT2D eigenvalue weighted by Crippen LogP contribution is -2.44. The van der Waals surface area contributed by atoms with Crippen molar-refractivity contribution in [3.63, 3.8) is 0 Å². The van der Waals surface area contributed by atoms with Crippen molar-refractivity contribution in [1.29, 1.82) is 0 Å². The predicted octanol–water partition coefficient (Wildman–Crippen LogP) is 0.794. The van der Waals surface area contributed by atoms with Gasteiger partial charge in [-0.25, -0.2) is 8.42 Å². The van der Waals surface area contributed by atoms with Crippen LogP contribution in [0.1, 0.15) is 30.1 Å². The SMILES string of the molecule is CNC(=O)c1ccc(S(=O)(=O)N2CCCC(C(C)N)C2)cc1. The molecule has 0 radical (unpaired) electrons. The molecule has 1 heterocycles. The lowest BCUT2D eigenvalue weighted by molar-refractivity contribution is 0.0963. The highest BCUT2D eigenvalue weighted by atomic mass is 32.2. The van der Waals surface area contributed by atoms with Crippen LogP contribution in [-0.4, -0.2) is 44.8 Å². The van der Waals surface area contributed by atoms with E-state index in [9.17, 15) is 13.2 Å². The summed E-state index contributed by atoms with van der Waals surface area (Å²) >= 11 is 0. The Hall–Kier alpha value is -1.44. The van der Waals surface area contributed by atoms with Crippen LogP contribution in [-0.2, 0) is 10.0 Å². The third kappa shape index (κ3) is 3.48. The predicted molar refractivity (Wildman–Crippen MR) is 85.0 cm³/mol. The number of hydrogen-bond acceptors (Lipinski definition) is 4. The first-order chi connectivity index (χ1) is 10.4. The fraction of sp³-hybridized carbons (Fsp3) is 0.533. The molecule has 0 bridgehead atoms. The summed E-state index contributed by atoms with van der Waals surface area (Å²) in [5.74, 6) is -0.0485. The van der Waals surface area contributed by atoms with Crippen LogP contribution in [0.4, 0.5) is 0 Å². The molecule has 1 amide bonds. The van der Waals surface area contributed by atoms with Crippen molar-refractivity contribution in [2.24, 2.45) is 11.7 Å². The molecule has 6 nitrogen and oxygen atoms in total. The molecule has 1 saturated heterocycles. The summed E-state index contributed by atoms with van der Waals surface area (Å²) in [5.41, 5.74) is 6.35. The second-order valence-corrected chi connectivity index (χ2v) is 7.67. The van der Waals surface area contributed by atoms with Gasteiger partial charge < -0.3 is 11.1 Å².